The van der Waals surface area contributed by atoms with Crippen molar-refractivity contribution in [2.45, 2.75) is 329 Å². The molecular weight excluding hydrogens is 705 g/mol. The summed E-state index contributed by atoms with van der Waals surface area (Å²) >= 11 is 0. The highest BCUT2D eigenvalue weighted by molar-refractivity contribution is 5.69. The molecule has 0 aromatic heterocycles. The van der Waals surface area contributed by atoms with Crippen molar-refractivity contribution in [3.63, 3.8) is 0 Å². The number of carbonyl (C=O) groups is 1. The van der Waals surface area contributed by atoms with Crippen LogP contribution in [0.25, 0.3) is 0 Å². The summed E-state index contributed by atoms with van der Waals surface area (Å²) in [6.45, 7) is 7.62. The van der Waals surface area contributed by atoms with E-state index in [-0.39, 0.29) is 5.97 Å². The van der Waals surface area contributed by atoms with E-state index in [1.54, 1.807) is 0 Å². The van der Waals surface area contributed by atoms with Crippen molar-refractivity contribution >= 4 is 5.97 Å². The third-order valence-corrected chi connectivity index (χ3v) is 12.8. The lowest BCUT2D eigenvalue weighted by Crippen LogP contribution is -2.05. The second kappa shape index (κ2) is 52.3. The first-order valence-electron chi connectivity index (χ1n) is 27.5. The standard InChI is InChI=1S/C56H110O2/c1-4-5-6-7-8-9-10-11-12-13-25-29-32-35-38-41-44-47-50-53-56(57)58-54-51-48-45-42-39-36-33-30-27-24-22-20-18-16-14-15-17-19-21-23-26-28-31-34-37-40-43-46-49-52-55(2)3/h11-12,55H,4-10,13-54H2,1-3H3. The summed E-state index contributed by atoms with van der Waals surface area (Å²) in [5.74, 6) is 0.917. The van der Waals surface area contributed by atoms with Gasteiger partial charge in [-0.1, -0.05) is 296 Å². The van der Waals surface area contributed by atoms with Crippen LogP contribution >= 0.6 is 0 Å². The van der Waals surface area contributed by atoms with E-state index in [0.717, 1.165) is 18.8 Å². The molecular formula is C56H110O2. The number of esters is 1. The quantitative estimate of drug-likeness (QED) is 0.0347. The predicted octanol–water partition coefficient (Wildman–Crippen LogP) is 20.5. The number of allylic oxidation sites excluding steroid dienone is 2. The lowest BCUT2D eigenvalue weighted by molar-refractivity contribution is -0.143. The molecule has 2 heteroatoms. The van der Waals surface area contributed by atoms with E-state index in [1.807, 2.05) is 0 Å². The maximum Gasteiger partial charge on any atom is 0.305 e. The van der Waals surface area contributed by atoms with Crippen molar-refractivity contribution < 1.29 is 9.53 Å². The Balaban J connectivity index is 3.16. The highest BCUT2D eigenvalue weighted by atomic mass is 16.5. The van der Waals surface area contributed by atoms with Gasteiger partial charge in [-0.25, -0.2) is 0 Å². The Hall–Kier alpha value is -0.790. The van der Waals surface area contributed by atoms with Crippen LogP contribution in [-0.2, 0) is 9.53 Å². The zero-order valence-electron chi connectivity index (χ0n) is 40.7. The summed E-state index contributed by atoms with van der Waals surface area (Å²) in [6.07, 6.45) is 70.9. The summed E-state index contributed by atoms with van der Waals surface area (Å²) < 4.78 is 5.50. The third kappa shape index (κ3) is 53.2. The van der Waals surface area contributed by atoms with Crippen molar-refractivity contribution in [3.05, 3.63) is 12.2 Å². The van der Waals surface area contributed by atoms with Gasteiger partial charge in [0, 0.05) is 6.42 Å². The van der Waals surface area contributed by atoms with Crippen LogP contribution in [-0.4, -0.2) is 12.6 Å². The molecule has 0 saturated carbocycles. The third-order valence-electron chi connectivity index (χ3n) is 12.8. The molecule has 0 heterocycles. The fourth-order valence-electron chi connectivity index (χ4n) is 8.73. The van der Waals surface area contributed by atoms with Crippen LogP contribution in [0.2, 0.25) is 0 Å². The van der Waals surface area contributed by atoms with E-state index in [4.69, 9.17) is 4.74 Å². The lowest BCUT2D eigenvalue weighted by Gasteiger charge is -2.06. The number of hydrogen-bond acceptors (Lipinski definition) is 2. The zero-order chi connectivity index (χ0) is 41.9. The van der Waals surface area contributed by atoms with Gasteiger partial charge >= 0.3 is 5.97 Å². The summed E-state index contributed by atoms with van der Waals surface area (Å²) in [6, 6.07) is 0. The van der Waals surface area contributed by atoms with Crippen molar-refractivity contribution in [1.29, 1.82) is 0 Å². The molecule has 0 aliphatic heterocycles. The molecule has 0 aromatic carbocycles. The Morgan fingerprint density at radius 1 is 0.345 bits per heavy atom. The van der Waals surface area contributed by atoms with E-state index in [0.29, 0.717) is 13.0 Å². The fourth-order valence-corrected chi connectivity index (χ4v) is 8.73. The van der Waals surface area contributed by atoms with E-state index in [1.165, 1.54) is 289 Å². The molecule has 0 fully saturated rings. The molecule has 0 atom stereocenters. The monoisotopic (exact) mass is 815 g/mol. The van der Waals surface area contributed by atoms with Gasteiger partial charge in [-0.2, -0.15) is 0 Å². The highest BCUT2D eigenvalue weighted by Crippen LogP contribution is 2.18. The second-order valence-electron chi connectivity index (χ2n) is 19.4. The minimum absolute atomic E-state index is 0.0291. The predicted molar refractivity (Wildman–Crippen MR) is 262 cm³/mol. The van der Waals surface area contributed by atoms with Crippen LogP contribution < -0.4 is 0 Å². The maximum atomic E-state index is 12.1. The molecule has 0 bridgehead atoms. The van der Waals surface area contributed by atoms with Crippen LogP contribution in [0.15, 0.2) is 12.2 Å². The van der Waals surface area contributed by atoms with Crippen LogP contribution in [0.4, 0.5) is 0 Å². The first-order valence-corrected chi connectivity index (χ1v) is 27.5. The molecule has 346 valence electrons. The molecule has 0 aromatic rings. The van der Waals surface area contributed by atoms with Gasteiger partial charge in [-0.15, -0.1) is 0 Å². The van der Waals surface area contributed by atoms with Gasteiger partial charge in [0.25, 0.3) is 0 Å². The molecule has 0 saturated heterocycles. The van der Waals surface area contributed by atoms with Crippen molar-refractivity contribution in [2.24, 2.45) is 5.92 Å². The van der Waals surface area contributed by atoms with Crippen LogP contribution in [0.5, 0.6) is 0 Å². The Morgan fingerprint density at radius 2 is 0.603 bits per heavy atom. The number of rotatable bonds is 51. The number of carbonyl (C=O) groups excluding carboxylic acids is 1. The topological polar surface area (TPSA) is 26.3 Å². The largest absolute Gasteiger partial charge is 0.466 e. The number of ether oxygens (including phenoxy) is 1. The molecule has 58 heavy (non-hydrogen) atoms. The van der Waals surface area contributed by atoms with Gasteiger partial charge in [0.1, 0.15) is 0 Å². The zero-order valence-corrected chi connectivity index (χ0v) is 40.7. The molecule has 0 rings (SSSR count). The van der Waals surface area contributed by atoms with Crippen LogP contribution in [0.3, 0.4) is 0 Å². The van der Waals surface area contributed by atoms with E-state index >= 15 is 0 Å². The van der Waals surface area contributed by atoms with Gasteiger partial charge in [0.2, 0.25) is 0 Å². The SMILES string of the molecule is CCCCCCCCC=CCCCCCCCCCCCC(=O)OCCCCCCCCCCCCCCCCCCCCCCCCCCCCCCCC(C)C. The molecule has 0 radical (unpaired) electrons. The normalized spacial score (nSPS) is 11.8. The smallest absolute Gasteiger partial charge is 0.305 e. The van der Waals surface area contributed by atoms with Gasteiger partial charge in [-0.3, -0.25) is 4.79 Å². The van der Waals surface area contributed by atoms with Crippen LogP contribution in [0.1, 0.15) is 329 Å². The summed E-state index contributed by atoms with van der Waals surface area (Å²) in [7, 11) is 0. The molecule has 0 amide bonds. The maximum absolute atomic E-state index is 12.1. The summed E-state index contributed by atoms with van der Waals surface area (Å²) in [5.41, 5.74) is 0. The minimum atomic E-state index is 0.0291. The summed E-state index contributed by atoms with van der Waals surface area (Å²) in [5, 5.41) is 0. The molecule has 0 aliphatic carbocycles. The number of unbranched alkanes of at least 4 members (excludes halogenated alkanes) is 43. The first kappa shape index (κ1) is 57.2. The molecule has 2 nitrogen and oxygen atoms in total. The Kier molecular flexibility index (Phi) is 51.6. The Labute approximate surface area is 367 Å². The van der Waals surface area contributed by atoms with Crippen molar-refractivity contribution in [1.82, 2.24) is 0 Å². The van der Waals surface area contributed by atoms with E-state index < -0.39 is 0 Å². The van der Waals surface area contributed by atoms with E-state index in [9.17, 15) is 4.79 Å². The van der Waals surface area contributed by atoms with Gasteiger partial charge < -0.3 is 4.74 Å². The molecule has 0 spiro atoms. The Bertz CT molecular complexity index is 771. The minimum Gasteiger partial charge on any atom is -0.466 e. The highest BCUT2D eigenvalue weighted by Gasteiger charge is 2.03. The van der Waals surface area contributed by atoms with Crippen molar-refractivity contribution in [2.75, 3.05) is 6.61 Å². The lowest BCUT2D eigenvalue weighted by atomic mass is 10.0. The summed E-state index contributed by atoms with van der Waals surface area (Å²) in [4.78, 5) is 12.1. The fraction of sp³-hybridized carbons (Fsp3) is 0.946. The van der Waals surface area contributed by atoms with Gasteiger partial charge in [-0.05, 0) is 44.4 Å². The number of hydrogen-bond donors (Lipinski definition) is 0. The van der Waals surface area contributed by atoms with Crippen molar-refractivity contribution in [3.8, 4) is 0 Å². The molecule has 0 aliphatic rings. The first-order chi connectivity index (χ1) is 28.7. The second-order valence-corrected chi connectivity index (χ2v) is 19.4. The Morgan fingerprint density at radius 3 is 0.914 bits per heavy atom. The molecule has 0 unspecified atom stereocenters. The van der Waals surface area contributed by atoms with E-state index in [2.05, 4.69) is 32.9 Å². The van der Waals surface area contributed by atoms with Gasteiger partial charge in [0.15, 0.2) is 0 Å². The van der Waals surface area contributed by atoms with Gasteiger partial charge in [0.05, 0.1) is 6.61 Å². The average Bonchev–Trinajstić information content (AvgIpc) is 3.22. The van der Waals surface area contributed by atoms with Crippen LogP contribution in [0, 0.1) is 5.92 Å². The average molecular weight is 815 g/mol. The molecule has 0 N–H and O–H groups in total.